The van der Waals surface area contributed by atoms with Crippen LogP contribution in [-0.2, 0) is 19.3 Å². The van der Waals surface area contributed by atoms with Crippen molar-refractivity contribution in [1.82, 2.24) is 15.1 Å². The zero-order chi connectivity index (χ0) is 15.7. The average molecular weight is 301 g/mol. The van der Waals surface area contributed by atoms with Crippen molar-refractivity contribution in [3.8, 4) is 0 Å². The minimum Gasteiger partial charge on any atom is -0.467 e. The van der Waals surface area contributed by atoms with E-state index in [0.717, 1.165) is 11.6 Å². The highest BCUT2D eigenvalue weighted by Gasteiger charge is 2.33. The first-order chi connectivity index (χ1) is 9.65. The summed E-state index contributed by atoms with van der Waals surface area (Å²) in [5.74, 6) is 0.601. The Morgan fingerprint density at radius 2 is 1.95 bits per heavy atom. The van der Waals surface area contributed by atoms with Crippen molar-refractivity contribution in [3.05, 3.63) is 41.6 Å². The molecule has 0 fully saturated rings. The summed E-state index contributed by atoms with van der Waals surface area (Å²) in [6, 6.07) is 2.76. The molecule has 0 aliphatic rings. The minimum absolute atomic E-state index is 0.0519. The van der Waals surface area contributed by atoms with Crippen LogP contribution in [0.2, 0.25) is 0 Å². The highest BCUT2D eigenvalue weighted by Crippen LogP contribution is 2.27. The molecule has 0 spiro atoms. The number of nitrogens with one attached hydrogen (secondary N) is 1. The molecule has 0 radical (unpaired) electrons. The molecule has 21 heavy (non-hydrogen) atoms. The van der Waals surface area contributed by atoms with Crippen LogP contribution < -0.4 is 5.32 Å². The van der Waals surface area contributed by atoms with Gasteiger partial charge in [0.15, 0.2) is 5.69 Å². The van der Waals surface area contributed by atoms with Gasteiger partial charge < -0.3 is 9.73 Å². The van der Waals surface area contributed by atoms with Crippen LogP contribution in [0.15, 0.2) is 29.0 Å². The Morgan fingerprint density at radius 1 is 1.24 bits per heavy atom. The van der Waals surface area contributed by atoms with Crippen molar-refractivity contribution in [1.29, 1.82) is 0 Å². The maximum atomic E-state index is 12.5. The number of hydrogen-bond acceptors (Lipinski definition) is 3. The smallest absolute Gasteiger partial charge is 0.435 e. The molecule has 2 rings (SSSR count). The normalized spacial score (nSPS) is 12.9. The van der Waals surface area contributed by atoms with Gasteiger partial charge in [-0.15, -0.1) is 0 Å². The molecular formula is C14H18F3N3O. The van der Waals surface area contributed by atoms with Crippen LogP contribution in [-0.4, -0.2) is 15.3 Å². The van der Waals surface area contributed by atoms with Crippen LogP contribution in [0.5, 0.6) is 0 Å². The summed E-state index contributed by atoms with van der Waals surface area (Å²) in [5, 5.41) is 6.83. The average Bonchev–Trinajstić information content (AvgIpc) is 2.94. The Hall–Kier alpha value is -1.76. The Bertz CT molecular complexity index is 593. The third-order valence-corrected chi connectivity index (χ3v) is 2.88. The van der Waals surface area contributed by atoms with E-state index in [1.165, 1.54) is 17.1 Å². The van der Waals surface area contributed by atoms with E-state index < -0.39 is 11.9 Å². The van der Waals surface area contributed by atoms with Crippen molar-refractivity contribution in [2.45, 2.75) is 45.6 Å². The number of alkyl halides is 3. The summed E-state index contributed by atoms with van der Waals surface area (Å²) in [5.41, 5.74) is -0.0404. The maximum Gasteiger partial charge on any atom is 0.435 e. The molecule has 0 aromatic carbocycles. The molecule has 0 atom stereocenters. The summed E-state index contributed by atoms with van der Waals surface area (Å²) in [7, 11) is 0. The molecule has 0 unspecified atom stereocenters. The monoisotopic (exact) mass is 301 g/mol. The van der Waals surface area contributed by atoms with Gasteiger partial charge in [-0.1, -0.05) is 0 Å². The van der Waals surface area contributed by atoms with Gasteiger partial charge in [0.25, 0.3) is 0 Å². The zero-order valence-electron chi connectivity index (χ0n) is 12.2. The van der Waals surface area contributed by atoms with Crippen LogP contribution in [0, 0.1) is 0 Å². The Kier molecular flexibility index (Phi) is 4.13. The lowest BCUT2D eigenvalue weighted by Crippen LogP contribution is -2.35. The number of nitrogens with zero attached hydrogens (tertiary/aromatic N) is 2. The Morgan fingerprint density at radius 3 is 2.52 bits per heavy atom. The van der Waals surface area contributed by atoms with Gasteiger partial charge in [0.05, 0.1) is 12.8 Å². The molecule has 0 saturated heterocycles. The lowest BCUT2D eigenvalue weighted by atomic mass is 10.1. The standard InChI is InChI=1S/C14H18F3N3O/c1-13(2,3)18-8-10-5-7-21-11(10)9-20-6-4-12(19-20)14(15,16)17/h4-7,18H,8-9H2,1-3H3. The van der Waals surface area contributed by atoms with Crippen molar-refractivity contribution in [2.24, 2.45) is 0 Å². The lowest BCUT2D eigenvalue weighted by Gasteiger charge is -2.20. The fourth-order valence-corrected chi connectivity index (χ4v) is 1.77. The molecular weight excluding hydrogens is 283 g/mol. The fourth-order valence-electron chi connectivity index (χ4n) is 1.77. The molecule has 0 aliphatic heterocycles. The second kappa shape index (κ2) is 5.55. The maximum absolute atomic E-state index is 12.5. The second-order valence-corrected chi connectivity index (χ2v) is 5.87. The van der Waals surface area contributed by atoms with Crippen LogP contribution in [0.3, 0.4) is 0 Å². The first-order valence-corrected chi connectivity index (χ1v) is 6.56. The zero-order valence-corrected chi connectivity index (χ0v) is 12.2. The van der Waals surface area contributed by atoms with Crippen LogP contribution in [0.4, 0.5) is 13.2 Å². The van der Waals surface area contributed by atoms with Crippen molar-refractivity contribution in [2.75, 3.05) is 0 Å². The highest BCUT2D eigenvalue weighted by molar-refractivity contribution is 5.18. The Labute approximate surface area is 120 Å². The van der Waals surface area contributed by atoms with Crippen molar-refractivity contribution < 1.29 is 17.6 Å². The van der Waals surface area contributed by atoms with Crippen LogP contribution in [0.25, 0.3) is 0 Å². The molecule has 0 aliphatic carbocycles. The van der Waals surface area contributed by atoms with Gasteiger partial charge in [0.1, 0.15) is 5.76 Å². The van der Waals surface area contributed by atoms with Crippen molar-refractivity contribution in [3.63, 3.8) is 0 Å². The third-order valence-electron chi connectivity index (χ3n) is 2.88. The minimum atomic E-state index is -4.43. The third kappa shape index (κ3) is 4.35. The van der Waals surface area contributed by atoms with Gasteiger partial charge in [0.2, 0.25) is 0 Å². The quantitative estimate of drug-likeness (QED) is 0.941. The molecule has 0 amide bonds. The molecule has 2 aromatic heterocycles. The van der Waals surface area contributed by atoms with Crippen molar-refractivity contribution >= 4 is 0 Å². The number of halogens is 3. The van der Waals surface area contributed by atoms with Gasteiger partial charge in [0, 0.05) is 23.8 Å². The predicted octanol–water partition coefficient (Wildman–Crippen LogP) is 3.43. The van der Waals surface area contributed by atoms with E-state index in [0.29, 0.717) is 12.3 Å². The number of furan rings is 1. The molecule has 4 nitrogen and oxygen atoms in total. The van der Waals surface area contributed by atoms with E-state index in [-0.39, 0.29) is 12.1 Å². The predicted molar refractivity (Wildman–Crippen MR) is 71.6 cm³/mol. The summed E-state index contributed by atoms with van der Waals surface area (Å²) < 4.78 is 44.1. The topological polar surface area (TPSA) is 43.0 Å². The summed E-state index contributed by atoms with van der Waals surface area (Å²) in [6.45, 7) is 6.87. The lowest BCUT2D eigenvalue weighted by molar-refractivity contribution is -0.141. The van der Waals surface area contributed by atoms with Gasteiger partial charge in [-0.2, -0.15) is 18.3 Å². The molecule has 116 valence electrons. The van der Waals surface area contributed by atoms with Gasteiger partial charge in [-0.05, 0) is 32.9 Å². The molecule has 1 N–H and O–H groups in total. The molecule has 7 heteroatoms. The first kappa shape index (κ1) is 15.6. The summed E-state index contributed by atoms with van der Waals surface area (Å²) >= 11 is 0. The fraction of sp³-hybridized carbons (Fsp3) is 0.500. The van der Waals surface area contributed by atoms with E-state index in [4.69, 9.17) is 4.42 Å². The summed E-state index contributed by atoms with van der Waals surface area (Å²) in [4.78, 5) is 0. The second-order valence-electron chi connectivity index (χ2n) is 5.87. The van der Waals surface area contributed by atoms with E-state index in [1.54, 1.807) is 0 Å². The highest BCUT2D eigenvalue weighted by atomic mass is 19.4. The Balaban J connectivity index is 2.07. The van der Waals surface area contributed by atoms with E-state index in [9.17, 15) is 13.2 Å². The van der Waals surface area contributed by atoms with E-state index in [1.807, 2.05) is 26.8 Å². The van der Waals surface area contributed by atoms with Crippen LogP contribution in [0.1, 0.15) is 37.8 Å². The molecule has 2 aromatic rings. The summed E-state index contributed by atoms with van der Waals surface area (Å²) in [6.07, 6.45) is -1.60. The van der Waals surface area contributed by atoms with E-state index >= 15 is 0 Å². The van der Waals surface area contributed by atoms with Crippen LogP contribution >= 0.6 is 0 Å². The first-order valence-electron chi connectivity index (χ1n) is 6.56. The number of rotatable bonds is 4. The van der Waals surface area contributed by atoms with Gasteiger partial charge >= 0.3 is 6.18 Å². The van der Waals surface area contributed by atoms with Gasteiger partial charge in [-0.3, -0.25) is 4.68 Å². The largest absolute Gasteiger partial charge is 0.467 e. The SMILES string of the molecule is CC(C)(C)NCc1ccoc1Cn1ccc(C(F)(F)F)n1. The van der Waals surface area contributed by atoms with E-state index in [2.05, 4.69) is 10.4 Å². The molecule has 0 saturated carbocycles. The number of aromatic nitrogens is 2. The van der Waals surface area contributed by atoms with Gasteiger partial charge in [-0.25, -0.2) is 0 Å². The molecule has 2 heterocycles. The number of hydrogen-bond donors (Lipinski definition) is 1. The molecule has 0 bridgehead atoms.